The number of aromatic nitrogens is 2. The van der Waals surface area contributed by atoms with Crippen LogP contribution >= 0.6 is 0 Å². The zero-order chi connectivity index (χ0) is 17.0. The van der Waals surface area contributed by atoms with Crippen LogP contribution in [0.4, 0.5) is 0 Å². The summed E-state index contributed by atoms with van der Waals surface area (Å²) in [6.07, 6.45) is 0. The van der Waals surface area contributed by atoms with Crippen LogP contribution in [0.2, 0.25) is 0 Å². The number of aryl methyl sites for hydroxylation is 2. The highest BCUT2D eigenvalue weighted by Crippen LogP contribution is 2.13. The molecule has 0 fully saturated rings. The van der Waals surface area contributed by atoms with Crippen LogP contribution in [0.1, 0.15) is 54.0 Å². The van der Waals surface area contributed by atoms with Crippen LogP contribution in [0.3, 0.4) is 0 Å². The Morgan fingerprint density at radius 2 is 2.04 bits per heavy atom. The maximum Gasteiger partial charge on any atom is 0.273 e. The third-order valence-electron chi connectivity index (χ3n) is 3.28. The lowest BCUT2D eigenvalue weighted by atomic mass is 10.2. The summed E-state index contributed by atoms with van der Waals surface area (Å²) < 4.78 is 10.7. The summed E-state index contributed by atoms with van der Waals surface area (Å²) >= 11 is 0. The average Bonchev–Trinajstić information content (AvgIpc) is 2.94. The first-order valence-electron chi connectivity index (χ1n) is 7.55. The maximum atomic E-state index is 12.1. The van der Waals surface area contributed by atoms with Gasteiger partial charge in [0.05, 0.1) is 17.8 Å². The Hall–Kier alpha value is -2.21. The van der Waals surface area contributed by atoms with Gasteiger partial charge >= 0.3 is 0 Å². The Balaban J connectivity index is 1.90. The van der Waals surface area contributed by atoms with Crippen LogP contribution in [0.5, 0.6) is 0 Å². The number of hydrogen-bond acceptors (Lipinski definition) is 5. The average molecular weight is 317 g/mol. The zero-order valence-electron chi connectivity index (χ0n) is 14.3. The van der Waals surface area contributed by atoms with E-state index in [4.69, 9.17) is 9.26 Å². The van der Waals surface area contributed by atoms with Crippen LogP contribution in [0.25, 0.3) is 0 Å². The van der Waals surface area contributed by atoms with Crippen molar-refractivity contribution >= 4 is 5.91 Å². The van der Waals surface area contributed by atoms with Crippen molar-refractivity contribution in [2.45, 2.75) is 53.4 Å². The minimum Gasteiger partial charge on any atom is -0.368 e. The van der Waals surface area contributed by atoms with Gasteiger partial charge in [0.15, 0.2) is 11.5 Å². The predicted octanol–water partition coefficient (Wildman–Crippen LogP) is 2.93. The summed E-state index contributed by atoms with van der Waals surface area (Å²) in [5.74, 6) is 0.227. The van der Waals surface area contributed by atoms with Crippen LogP contribution in [0.15, 0.2) is 22.7 Å². The molecule has 0 radical (unpaired) electrons. The first-order chi connectivity index (χ1) is 10.7. The zero-order valence-corrected chi connectivity index (χ0v) is 14.3. The van der Waals surface area contributed by atoms with E-state index in [0.29, 0.717) is 12.3 Å². The second kappa shape index (κ2) is 6.91. The van der Waals surface area contributed by atoms with E-state index in [1.54, 1.807) is 6.07 Å². The highest BCUT2D eigenvalue weighted by molar-refractivity contribution is 5.92. The van der Waals surface area contributed by atoms with Gasteiger partial charge in [0, 0.05) is 11.8 Å². The number of carbonyl (C=O) groups excluding carboxylic acids is 1. The fraction of sp³-hybridized carbons (Fsp3) is 0.471. The van der Waals surface area contributed by atoms with Crippen molar-refractivity contribution in [1.82, 2.24) is 15.5 Å². The third-order valence-corrected chi connectivity index (χ3v) is 3.28. The Labute approximate surface area is 136 Å². The van der Waals surface area contributed by atoms with E-state index in [1.165, 1.54) is 0 Å². The van der Waals surface area contributed by atoms with Crippen molar-refractivity contribution in [1.29, 1.82) is 0 Å². The molecule has 0 saturated heterocycles. The quantitative estimate of drug-likeness (QED) is 0.917. The Morgan fingerprint density at radius 1 is 1.30 bits per heavy atom. The fourth-order valence-electron chi connectivity index (χ4n) is 1.82. The molecule has 2 aromatic rings. The second-order valence-corrected chi connectivity index (χ2v) is 6.47. The van der Waals surface area contributed by atoms with Crippen LogP contribution < -0.4 is 5.32 Å². The Morgan fingerprint density at radius 3 is 2.70 bits per heavy atom. The van der Waals surface area contributed by atoms with E-state index in [9.17, 15) is 4.79 Å². The minimum atomic E-state index is -0.296. The van der Waals surface area contributed by atoms with E-state index in [0.717, 1.165) is 17.0 Å². The molecule has 0 spiro atoms. The second-order valence-electron chi connectivity index (χ2n) is 6.47. The number of carbonyl (C=O) groups is 1. The number of ether oxygens (including phenoxy) is 1. The summed E-state index contributed by atoms with van der Waals surface area (Å²) in [5.41, 5.74) is 2.85. The molecule has 0 unspecified atom stereocenters. The van der Waals surface area contributed by atoms with Crippen molar-refractivity contribution in [2.24, 2.45) is 0 Å². The van der Waals surface area contributed by atoms with Gasteiger partial charge in [0.2, 0.25) is 0 Å². The van der Waals surface area contributed by atoms with E-state index in [1.807, 2.05) is 46.8 Å². The Bertz CT molecular complexity index is 687. The van der Waals surface area contributed by atoms with Gasteiger partial charge in [-0.1, -0.05) is 11.2 Å². The monoisotopic (exact) mass is 317 g/mol. The molecule has 2 rings (SSSR count). The van der Waals surface area contributed by atoms with Crippen LogP contribution in [-0.4, -0.2) is 21.6 Å². The molecule has 2 aromatic heterocycles. The van der Waals surface area contributed by atoms with Crippen molar-refractivity contribution in [3.63, 3.8) is 0 Å². The molecular weight excluding hydrogens is 294 g/mol. The third kappa shape index (κ3) is 5.17. The molecular formula is C17H23N3O3. The summed E-state index contributed by atoms with van der Waals surface area (Å²) in [6.45, 7) is 10.4. The molecule has 0 aliphatic rings. The highest BCUT2D eigenvalue weighted by atomic mass is 16.5. The van der Waals surface area contributed by atoms with Gasteiger partial charge in [-0.3, -0.25) is 9.78 Å². The standard InChI is InChI=1S/C17H23N3O3/c1-11-6-7-13(19-12(11)2)9-18-16(21)15-8-14(23-20-15)10-22-17(3,4)5/h6-8H,9-10H2,1-5H3,(H,18,21). The summed E-state index contributed by atoms with van der Waals surface area (Å²) in [7, 11) is 0. The van der Waals surface area contributed by atoms with Crippen molar-refractivity contribution < 1.29 is 14.1 Å². The smallest absolute Gasteiger partial charge is 0.273 e. The number of rotatable bonds is 5. The number of nitrogens with one attached hydrogen (secondary N) is 1. The van der Waals surface area contributed by atoms with Crippen LogP contribution in [0, 0.1) is 13.8 Å². The molecule has 6 heteroatoms. The lowest BCUT2D eigenvalue weighted by Crippen LogP contribution is -2.23. The van der Waals surface area contributed by atoms with Gasteiger partial charge in [-0.25, -0.2) is 0 Å². The molecule has 0 bridgehead atoms. The van der Waals surface area contributed by atoms with Gasteiger partial charge in [-0.15, -0.1) is 0 Å². The molecule has 23 heavy (non-hydrogen) atoms. The summed E-state index contributed by atoms with van der Waals surface area (Å²) in [6, 6.07) is 5.48. The number of hydrogen-bond donors (Lipinski definition) is 1. The largest absolute Gasteiger partial charge is 0.368 e. The number of pyridine rings is 1. The maximum absolute atomic E-state index is 12.1. The lowest BCUT2D eigenvalue weighted by Gasteiger charge is -2.17. The van der Waals surface area contributed by atoms with Gasteiger partial charge in [-0.2, -0.15) is 0 Å². The SMILES string of the molecule is Cc1ccc(CNC(=O)c2cc(COC(C)(C)C)on2)nc1C. The van der Waals surface area contributed by atoms with Crippen LogP contribution in [-0.2, 0) is 17.9 Å². The van der Waals surface area contributed by atoms with Gasteiger partial charge in [0.1, 0.15) is 6.61 Å². The molecule has 1 N–H and O–H groups in total. The molecule has 0 atom stereocenters. The molecule has 6 nitrogen and oxygen atoms in total. The molecule has 1 amide bonds. The first kappa shape index (κ1) is 17.1. The molecule has 0 saturated carbocycles. The van der Waals surface area contributed by atoms with Crippen molar-refractivity contribution in [2.75, 3.05) is 0 Å². The topological polar surface area (TPSA) is 77.2 Å². The van der Waals surface area contributed by atoms with E-state index in [2.05, 4.69) is 15.5 Å². The number of nitrogens with zero attached hydrogens (tertiary/aromatic N) is 2. The van der Waals surface area contributed by atoms with E-state index >= 15 is 0 Å². The number of amides is 1. The minimum absolute atomic E-state index is 0.237. The summed E-state index contributed by atoms with van der Waals surface area (Å²) in [5, 5.41) is 6.56. The summed E-state index contributed by atoms with van der Waals surface area (Å²) in [4.78, 5) is 16.5. The molecule has 0 aromatic carbocycles. The normalized spacial score (nSPS) is 11.5. The molecule has 0 aliphatic carbocycles. The van der Waals surface area contributed by atoms with Crippen molar-refractivity contribution in [3.8, 4) is 0 Å². The molecule has 2 heterocycles. The Kier molecular flexibility index (Phi) is 5.15. The first-order valence-corrected chi connectivity index (χ1v) is 7.55. The van der Waals surface area contributed by atoms with Crippen molar-refractivity contribution in [3.05, 3.63) is 46.6 Å². The van der Waals surface area contributed by atoms with E-state index < -0.39 is 0 Å². The molecule has 124 valence electrons. The fourth-order valence-corrected chi connectivity index (χ4v) is 1.82. The highest BCUT2D eigenvalue weighted by Gasteiger charge is 2.15. The van der Waals surface area contributed by atoms with Gasteiger partial charge in [0.25, 0.3) is 5.91 Å². The van der Waals surface area contributed by atoms with Gasteiger partial charge < -0.3 is 14.6 Å². The lowest BCUT2D eigenvalue weighted by molar-refractivity contribution is -0.0241. The molecule has 0 aliphatic heterocycles. The van der Waals surface area contributed by atoms with Gasteiger partial charge in [-0.05, 0) is 46.2 Å². The predicted molar refractivity (Wildman–Crippen MR) is 85.9 cm³/mol. The van der Waals surface area contributed by atoms with E-state index in [-0.39, 0.29) is 23.8 Å².